The lowest BCUT2D eigenvalue weighted by Crippen LogP contribution is -1.99. The van der Waals surface area contributed by atoms with Crippen LogP contribution in [-0.2, 0) is 6.42 Å². The van der Waals surface area contributed by atoms with Crippen molar-refractivity contribution >= 4 is 54.7 Å². The summed E-state index contributed by atoms with van der Waals surface area (Å²) >= 11 is 3.59. The minimum atomic E-state index is 1.07. The van der Waals surface area contributed by atoms with E-state index in [4.69, 9.17) is 0 Å². The molecule has 5 aromatic carbocycles. The molecule has 2 nitrogen and oxygen atoms in total. The maximum atomic E-state index is 3.59. The summed E-state index contributed by atoms with van der Waals surface area (Å²) in [4.78, 5) is 0. The number of hydrogen-bond acceptors (Lipinski definition) is 0. The molecule has 7 aromatic rings. The molecule has 39 heavy (non-hydrogen) atoms. The third-order valence-corrected chi connectivity index (χ3v) is 8.58. The fourth-order valence-electron chi connectivity index (χ4n) is 6.29. The molecule has 2 heterocycles. The molecule has 8 rings (SSSR count). The molecule has 0 N–H and O–H groups in total. The standard InChI is InChI=1S/C36H25BrN2/c37-26-16-18-28(19-17-26)39-34-13-7-5-11-30(34)32-23-25(15-21-36(32)39)24-14-20-35-31(22-24)29-10-4-6-12-33(29)38(35)27-8-2-1-3-9-27/h1-4,6-10,12-23H,5,11H2. The number of benzene rings is 5. The number of allylic oxidation sites excluding steroid dienone is 1. The molecule has 0 fully saturated rings. The first-order chi connectivity index (χ1) is 19.3. The molecule has 0 amide bonds. The van der Waals surface area contributed by atoms with E-state index in [1.165, 1.54) is 66.5 Å². The van der Waals surface area contributed by atoms with Crippen LogP contribution in [0.2, 0.25) is 0 Å². The first kappa shape index (κ1) is 22.6. The predicted molar refractivity (Wildman–Crippen MR) is 168 cm³/mol. The van der Waals surface area contributed by atoms with E-state index in [2.05, 4.69) is 152 Å². The van der Waals surface area contributed by atoms with Gasteiger partial charge in [-0.2, -0.15) is 0 Å². The molecule has 0 saturated heterocycles. The number of para-hydroxylation sites is 2. The molecular weight excluding hydrogens is 540 g/mol. The van der Waals surface area contributed by atoms with Gasteiger partial charge in [-0.05, 0) is 102 Å². The molecule has 0 saturated carbocycles. The first-order valence-electron chi connectivity index (χ1n) is 13.4. The normalized spacial score (nSPS) is 12.9. The summed E-state index contributed by atoms with van der Waals surface area (Å²) in [6.45, 7) is 0. The summed E-state index contributed by atoms with van der Waals surface area (Å²) in [6.07, 6.45) is 6.75. The quantitative estimate of drug-likeness (QED) is 0.202. The number of aromatic nitrogens is 2. The van der Waals surface area contributed by atoms with Gasteiger partial charge < -0.3 is 9.13 Å². The van der Waals surface area contributed by atoms with Crippen molar-refractivity contribution in [2.45, 2.75) is 12.8 Å². The van der Waals surface area contributed by atoms with Crippen molar-refractivity contribution < 1.29 is 0 Å². The maximum Gasteiger partial charge on any atom is 0.0541 e. The lowest BCUT2D eigenvalue weighted by atomic mass is 9.97. The van der Waals surface area contributed by atoms with E-state index in [1.54, 1.807) is 0 Å². The summed E-state index contributed by atoms with van der Waals surface area (Å²) in [6, 6.07) is 41.9. The Hall–Kier alpha value is -4.34. The third-order valence-electron chi connectivity index (χ3n) is 8.05. The van der Waals surface area contributed by atoms with Crippen LogP contribution in [0.1, 0.15) is 17.7 Å². The van der Waals surface area contributed by atoms with E-state index in [0.717, 1.165) is 17.3 Å². The van der Waals surface area contributed by atoms with Crippen molar-refractivity contribution in [2.75, 3.05) is 0 Å². The molecule has 0 spiro atoms. The molecule has 0 atom stereocenters. The number of nitrogens with zero attached hydrogens (tertiary/aromatic N) is 2. The van der Waals surface area contributed by atoms with Gasteiger partial charge >= 0.3 is 0 Å². The third kappa shape index (κ3) is 3.54. The van der Waals surface area contributed by atoms with Gasteiger partial charge in [-0.1, -0.05) is 70.5 Å². The Morgan fingerprint density at radius 3 is 1.97 bits per heavy atom. The van der Waals surface area contributed by atoms with Gasteiger partial charge in [-0.25, -0.2) is 0 Å². The van der Waals surface area contributed by atoms with Gasteiger partial charge in [0.1, 0.15) is 0 Å². The van der Waals surface area contributed by atoms with Crippen molar-refractivity contribution in [3.05, 3.63) is 137 Å². The van der Waals surface area contributed by atoms with E-state index < -0.39 is 0 Å². The van der Waals surface area contributed by atoms with Gasteiger partial charge in [0.2, 0.25) is 0 Å². The van der Waals surface area contributed by atoms with Crippen LogP contribution in [-0.4, -0.2) is 9.13 Å². The monoisotopic (exact) mass is 564 g/mol. The van der Waals surface area contributed by atoms with Gasteiger partial charge in [-0.3, -0.25) is 0 Å². The molecule has 186 valence electrons. The van der Waals surface area contributed by atoms with Crippen LogP contribution in [0, 0.1) is 0 Å². The fourth-order valence-corrected chi connectivity index (χ4v) is 6.56. The lowest BCUT2D eigenvalue weighted by molar-refractivity contribution is 0.967. The van der Waals surface area contributed by atoms with E-state index in [1.807, 2.05) is 0 Å². The number of hydrogen-bond donors (Lipinski definition) is 0. The number of fused-ring (bicyclic) bond motifs is 6. The molecule has 1 aliphatic rings. The smallest absolute Gasteiger partial charge is 0.0541 e. The molecule has 3 heteroatoms. The van der Waals surface area contributed by atoms with Crippen LogP contribution < -0.4 is 0 Å². The Kier molecular flexibility index (Phi) is 5.14. The number of rotatable bonds is 3. The van der Waals surface area contributed by atoms with Gasteiger partial charge in [0.25, 0.3) is 0 Å². The number of halogens is 1. The topological polar surface area (TPSA) is 9.86 Å². The molecule has 0 radical (unpaired) electrons. The molecule has 0 aliphatic heterocycles. The Morgan fingerprint density at radius 2 is 1.18 bits per heavy atom. The highest BCUT2D eigenvalue weighted by Crippen LogP contribution is 2.39. The SMILES string of the molecule is Brc1ccc(-n2c3c(c4cc(-c5ccc6c(c5)c5ccccc5n6-c5ccccc5)ccc42)CCC=C3)cc1. The molecular formula is C36H25BrN2. The van der Waals surface area contributed by atoms with Crippen molar-refractivity contribution in [1.82, 2.24) is 9.13 Å². The van der Waals surface area contributed by atoms with Crippen LogP contribution in [0.4, 0.5) is 0 Å². The van der Waals surface area contributed by atoms with Crippen LogP contribution in [0.25, 0.3) is 61.3 Å². The molecule has 0 bridgehead atoms. The van der Waals surface area contributed by atoms with E-state index in [-0.39, 0.29) is 0 Å². The van der Waals surface area contributed by atoms with Crippen LogP contribution in [0.3, 0.4) is 0 Å². The highest BCUT2D eigenvalue weighted by atomic mass is 79.9. The number of aryl methyl sites for hydroxylation is 1. The van der Waals surface area contributed by atoms with Gasteiger partial charge in [-0.15, -0.1) is 0 Å². The average molecular weight is 566 g/mol. The van der Waals surface area contributed by atoms with Gasteiger partial charge in [0.05, 0.1) is 16.6 Å². The second kappa shape index (κ2) is 8.86. The summed E-state index contributed by atoms with van der Waals surface area (Å²) in [7, 11) is 0. The first-order valence-corrected chi connectivity index (χ1v) is 14.2. The largest absolute Gasteiger partial charge is 0.310 e. The summed E-state index contributed by atoms with van der Waals surface area (Å²) in [5.74, 6) is 0. The minimum Gasteiger partial charge on any atom is -0.310 e. The van der Waals surface area contributed by atoms with Crippen molar-refractivity contribution in [2.24, 2.45) is 0 Å². The maximum absolute atomic E-state index is 3.59. The molecule has 1 aliphatic carbocycles. The van der Waals surface area contributed by atoms with Crippen LogP contribution in [0.15, 0.2) is 126 Å². The second-order valence-electron chi connectivity index (χ2n) is 10.3. The zero-order chi connectivity index (χ0) is 25.9. The average Bonchev–Trinajstić information content (AvgIpc) is 3.50. The predicted octanol–water partition coefficient (Wildman–Crippen LogP) is 10.1. The van der Waals surface area contributed by atoms with E-state index in [0.29, 0.717) is 0 Å². The van der Waals surface area contributed by atoms with Crippen LogP contribution in [0.5, 0.6) is 0 Å². The zero-order valence-corrected chi connectivity index (χ0v) is 22.9. The summed E-state index contributed by atoms with van der Waals surface area (Å²) < 4.78 is 5.88. The van der Waals surface area contributed by atoms with Gasteiger partial charge in [0, 0.05) is 37.7 Å². The fraction of sp³-hybridized carbons (Fsp3) is 0.0556. The Morgan fingerprint density at radius 1 is 0.538 bits per heavy atom. The lowest BCUT2D eigenvalue weighted by Gasteiger charge is -2.12. The van der Waals surface area contributed by atoms with E-state index in [9.17, 15) is 0 Å². The van der Waals surface area contributed by atoms with E-state index >= 15 is 0 Å². The molecule has 0 unspecified atom stereocenters. The second-order valence-corrected chi connectivity index (χ2v) is 11.2. The zero-order valence-electron chi connectivity index (χ0n) is 21.3. The van der Waals surface area contributed by atoms with Crippen molar-refractivity contribution in [3.63, 3.8) is 0 Å². The van der Waals surface area contributed by atoms with Crippen molar-refractivity contribution in [1.29, 1.82) is 0 Å². The summed E-state index contributed by atoms with van der Waals surface area (Å²) in [5, 5.41) is 3.91. The highest BCUT2D eigenvalue weighted by Gasteiger charge is 2.19. The summed E-state index contributed by atoms with van der Waals surface area (Å²) in [5.41, 5.74) is 11.4. The van der Waals surface area contributed by atoms with Crippen molar-refractivity contribution in [3.8, 4) is 22.5 Å². The minimum absolute atomic E-state index is 1.07. The Labute approximate surface area is 235 Å². The Bertz CT molecular complexity index is 2060. The van der Waals surface area contributed by atoms with Crippen LogP contribution >= 0.6 is 15.9 Å². The molecule has 2 aromatic heterocycles. The Balaban J connectivity index is 1.33. The van der Waals surface area contributed by atoms with Gasteiger partial charge in [0.15, 0.2) is 0 Å². The highest BCUT2D eigenvalue weighted by molar-refractivity contribution is 9.10.